The topological polar surface area (TPSA) is 123 Å². The van der Waals surface area contributed by atoms with Crippen molar-refractivity contribution in [2.24, 2.45) is 0 Å². The first kappa shape index (κ1) is 16.6. The fourth-order valence-corrected chi connectivity index (χ4v) is 2.81. The maximum atomic E-state index is 12.7. The molecule has 4 rings (SSSR count). The van der Waals surface area contributed by atoms with Gasteiger partial charge in [0.2, 0.25) is 0 Å². The van der Waals surface area contributed by atoms with Gasteiger partial charge in [-0.25, -0.2) is 15.0 Å². The molecule has 1 aromatic carbocycles. The van der Waals surface area contributed by atoms with Gasteiger partial charge < -0.3 is 5.32 Å². The molecular formula is C17H16N8O2. The molecule has 2 N–H and O–H groups in total. The molecule has 0 saturated carbocycles. The molecule has 0 spiro atoms. The normalized spacial score (nSPS) is 12.1. The van der Waals surface area contributed by atoms with Gasteiger partial charge in [-0.2, -0.15) is 9.61 Å². The molecule has 0 saturated heterocycles. The number of nitrogens with zero attached hydrogens (tertiary/aromatic N) is 6. The Morgan fingerprint density at radius 3 is 2.85 bits per heavy atom. The summed E-state index contributed by atoms with van der Waals surface area (Å²) in [6, 6.07) is 9.26. The number of aryl methyl sites for hydroxylation is 1. The van der Waals surface area contributed by atoms with Crippen LogP contribution in [0.2, 0.25) is 0 Å². The number of carbonyl (C=O) groups is 1. The second kappa shape index (κ2) is 7.20. The van der Waals surface area contributed by atoms with Crippen molar-refractivity contribution in [2.45, 2.75) is 19.0 Å². The van der Waals surface area contributed by atoms with Crippen molar-refractivity contribution in [1.29, 1.82) is 0 Å². The third kappa shape index (κ3) is 3.45. The Balaban J connectivity index is 1.58. The van der Waals surface area contributed by atoms with E-state index in [4.69, 9.17) is 0 Å². The van der Waals surface area contributed by atoms with Gasteiger partial charge in [0.1, 0.15) is 24.5 Å². The van der Waals surface area contributed by atoms with E-state index in [9.17, 15) is 9.59 Å². The van der Waals surface area contributed by atoms with Crippen molar-refractivity contribution < 1.29 is 4.79 Å². The van der Waals surface area contributed by atoms with Crippen molar-refractivity contribution in [3.05, 3.63) is 77.0 Å². The Bertz CT molecular complexity index is 1100. The van der Waals surface area contributed by atoms with Crippen LogP contribution in [0.15, 0.2) is 60.3 Å². The minimum absolute atomic E-state index is 0.0570. The van der Waals surface area contributed by atoms with Crippen molar-refractivity contribution >= 4 is 11.7 Å². The minimum Gasteiger partial charge on any atom is -0.345 e. The summed E-state index contributed by atoms with van der Waals surface area (Å²) in [6.07, 6.45) is 6.25. The molecule has 0 aliphatic rings. The number of fused-ring (bicyclic) bond motifs is 1. The molecule has 0 aliphatic carbocycles. The minimum atomic E-state index is -0.502. The number of aromatic amines is 1. The Hall–Kier alpha value is -3.82. The molecule has 0 aliphatic heterocycles. The van der Waals surface area contributed by atoms with Gasteiger partial charge >= 0.3 is 0 Å². The van der Waals surface area contributed by atoms with Crippen LogP contribution < -0.4 is 10.9 Å². The molecule has 1 amide bonds. The Labute approximate surface area is 152 Å². The number of hydrogen-bond donors (Lipinski definition) is 2. The van der Waals surface area contributed by atoms with Crippen LogP contribution in [0.4, 0.5) is 0 Å². The van der Waals surface area contributed by atoms with Crippen molar-refractivity contribution in [3.63, 3.8) is 0 Å². The lowest BCUT2D eigenvalue weighted by atomic mass is 10.0. The first-order chi connectivity index (χ1) is 13.2. The Morgan fingerprint density at radius 1 is 1.22 bits per heavy atom. The second-order valence-electron chi connectivity index (χ2n) is 5.88. The lowest BCUT2D eigenvalue weighted by Crippen LogP contribution is -2.34. The molecule has 10 nitrogen and oxygen atoms in total. The first-order valence-corrected chi connectivity index (χ1v) is 8.32. The molecule has 0 bridgehead atoms. The van der Waals surface area contributed by atoms with E-state index in [1.807, 2.05) is 30.3 Å². The van der Waals surface area contributed by atoms with Gasteiger partial charge in [0.25, 0.3) is 17.2 Å². The van der Waals surface area contributed by atoms with Gasteiger partial charge in [-0.1, -0.05) is 30.3 Å². The van der Waals surface area contributed by atoms with Crippen LogP contribution in [0, 0.1) is 0 Å². The summed E-state index contributed by atoms with van der Waals surface area (Å²) >= 11 is 0. The maximum absolute atomic E-state index is 12.7. The van der Waals surface area contributed by atoms with Gasteiger partial charge in [-0.05, 0) is 12.0 Å². The number of hydrogen-bond acceptors (Lipinski definition) is 6. The zero-order chi connectivity index (χ0) is 18.6. The average Bonchev–Trinajstić information content (AvgIpc) is 3.38. The van der Waals surface area contributed by atoms with Crippen LogP contribution in [0.1, 0.15) is 28.4 Å². The molecule has 3 aromatic heterocycles. The molecule has 0 radical (unpaired) electrons. The summed E-state index contributed by atoms with van der Waals surface area (Å²) in [4.78, 5) is 37.0. The lowest BCUT2D eigenvalue weighted by Gasteiger charge is -2.19. The fourth-order valence-electron chi connectivity index (χ4n) is 2.81. The van der Waals surface area contributed by atoms with E-state index in [1.54, 1.807) is 11.0 Å². The van der Waals surface area contributed by atoms with Gasteiger partial charge in [-0.15, -0.1) is 0 Å². The summed E-state index contributed by atoms with van der Waals surface area (Å²) in [5, 5.41) is 9.65. The highest BCUT2D eigenvalue weighted by Gasteiger charge is 2.19. The number of aromatic nitrogens is 7. The van der Waals surface area contributed by atoms with Crippen molar-refractivity contribution in [1.82, 2.24) is 39.7 Å². The number of nitrogens with one attached hydrogen (secondary N) is 2. The zero-order valence-electron chi connectivity index (χ0n) is 14.2. The summed E-state index contributed by atoms with van der Waals surface area (Å²) in [5.41, 5.74) is 0.373. The van der Waals surface area contributed by atoms with E-state index in [1.165, 1.54) is 18.9 Å². The van der Waals surface area contributed by atoms with E-state index < -0.39 is 11.5 Å². The fraction of sp³-hybridized carbons (Fsp3) is 0.176. The number of rotatable bonds is 6. The van der Waals surface area contributed by atoms with Crippen LogP contribution in [0.3, 0.4) is 0 Å². The van der Waals surface area contributed by atoms with E-state index in [0.29, 0.717) is 13.0 Å². The number of benzene rings is 1. The molecule has 136 valence electrons. The first-order valence-electron chi connectivity index (χ1n) is 8.32. The van der Waals surface area contributed by atoms with Crippen LogP contribution in [-0.2, 0) is 6.54 Å². The highest BCUT2D eigenvalue weighted by atomic mass is 16.2. The number of amides is 1. The van der Waals surface area contributed by atoms with E-state index in [0.717, 1.165) is 10.1 Å². The quantitative estimate of drug-likeness (QED) is 0.516. The van der Waals surface area contributed by atoms with Gasteiger partial charge in [-0.3, -0.25) is 19.4 Å². The predicted molar refractivity (Wildman–Crippen MR) is 94.9 cm³/mol. The SMILES string of the molecule is O=C(N[C@@H](CCn1cncn1)c1ccccc1)c1cnc2nc[nH]n2c1=O. The third-order valence-electron chi connectivity index (χ3n) is 4.17. The Morgan fingerprint density at radius 2 is 2.07 bits per heavy atom. The van der Waals surface area contributed by atoms with Crippen LogP contribution >= 0.6 is 0 Å². The van der Waals surface area contributed by atoms with Crippen molar-refractivity contribution in [3.8, 4) is 0 Å². The molecular weight excluding hydrogens is 348 g/mol. The molecule has 0 unspecified atom stereocenters. The summed E-state index contributed by atoms with van der Waals surface area (Å²) in [5.74, 6) is -0.286. The van der Waals surface area contributed by atoms with Gasteiger partial charge in [0.15, 0.2) is 0 Å². The smallest absolute Gasteiger partial charge is 0.286 e. The van der Waals surface area contributed by atoms with Crippen LogP contribution in [-0.4, -0.2) is 40.3 Å². The summed E-state index contributed by atoms with van der Waals surface area (Å²) in [7, 11) is 0. The van der Waals surface area contributed by atoms with Gasteiger partial charge in [0.05, 0.1) is 6.04 Å². The standard InChI is InChI=1S/C17H16N8O2/c26-15(13-8-19-17-20-10-22-25(17)16(13)27)23-14(12-4-2-1-3-5-12)6-7-24-11-18-9-21-24/h1-5,8-11,14H,6-7H2,(H,23,26)(H,19,20,22)/t14-/m0/s1. The number of carbonyl (C=O) groups excluding carboxylic acids is 1. The second-order valence-corrected chi connectivity index (χ2v) is 5.88. The highest BCUT2D eigenvalue weighted by molar-refractivity contribution is 5.93. The van der Waals surface area contributed by atoms with Gasteiger partial charge in [0, 0.05) is 12.7 Å². The van der Waals surface area contributed by atoms with E-state index in [-0.39, 0.29) is 17.4 Å². The van der Waals surface area contributed by atoms with E-state index >= 15 is 0 Å². The monoisotopic (exact) mass is 364 g/mol. The van der Waals surface area contributed by atoms with Crippen LogP contribution in [0.5, 0.6) is 0 Å². The number of H-pyrrole nitrogens is 1. The Kier molecular flexibility index (Phi) is 4.44. The third-order valence-corrected chi connectivity index (χ3v) is 4.17. The predicted octanol–water partition coefficient (Wildman–Crippen LogP) is 0.570. The molecule has 27 heavy (non-hydrogen) atoms. The highest BCUT2D eigenvalue weighted by Crippen LogP contribution is 2.17. The zero-order valence-corrected chi connectivity index (χ0v) is 14.2. The molecule has 3 heterocycles. The average molecular weight is 364 g/mol. The lowest BCUT2D eigenvalue weighted by molar-refractivity contribution is 0.0931. The molecule has 0 fully saturated rings. The van der Waals surface area contributed by atoms with Crippen LogP contribution in [0.25, 0.3) is 5.78 Å². The van der Waals surface area contributed by atoms with E-state index in [2.05, 4.69) is 30.5 Å². The maximum Gasteiger partial charge on any atom is 0.286 e. The summed E-state index contributed by atoms with van der Waals surface area (Å²) in [6.45, 7) is 0.566. The molecule has 1 atom stereocenters. The van der Waals surface area contributed by atoms with Crippen molar-refractivity contribution in [2.75, 3.05) is 0 Å². The molecule has 10 heteroatoms. The molecule has 4 aromatic rings. The summed E-state index contributed by atoms with van der Waals surface area (Å²) < 4.78 is 2.82. The largest absolute Gasteiger partial charge is 0.345 e.